The van der Waals surface area contributed by atoms with Crippen LogP contribution in [0.1, 0.15) is 18.4 Å². The third kappa shape index (κ3) is 7.81. The number of hydrogen-bond donors (Lipinski definition) is 2. The molecule has 0 fully saturated rings. The first-order valence-corrected chi connectivity index (χ1v) is 6.09. The average molecular weight is 305 g/mol. The summed E-state index contributed by atoms with van der Waals surface area (Å²) < 4.78 is 39.6. The molecule has 2 N–H and O–H groups in total. The number of hydrogen-bond acceptors (Lipinski definition) is 3. The summed E-state index contributed by atoms with van der Waals surface area (Å²) >= 11 is 0. The Morgan fingerprint density at radius 3 is 2.33 bits per heavy atom. The monoisotopic (exact) mass is 305 g/mol. The van der Waals surface area contributed by atoms with Gasteiger partial charge in [0, 0.05) is 13.0 Å². The highest BCUT2D eigenvalue weighted by atomic mass is 19.4. The molecule has 0 aromatic heterocycles. The second-order valence-electron chi connectivity index (χ2n) is 4.22. The molecular weight excluding hydrogens is 291 g/mol. The van der Waals surface area contributed by atoms with Crippen LogP contribution in [0.5, 0.6) is 5.75 Å². The van der Waals surface area contributed by atoms with Crippen molar-refractivity contribution in [2.45, 2.75) is 25.6 Å². The van der Waals surface area contributed by atoms with Crippen molar-refractivity contribution in [3.05, 3.63) is 29.8 Å². The van der Waals surface area contributed by atoms with Crippen molar-refractivity contribution in [1.82, 2.24) is 5.32 Å². The Balaban J connectivity index is 2.37. The Morgan fingerprint density at radius 2 is 1.81 bits per heavy atom. The first-order chi connectivity index (χ1) is 9.76. The van der Waals surface area contributed by atoms with Gasteiger partial charge >= 0.3 is 12.3 Å². The number of halogens is 3. The lowest BCUT2D eigenvalue weighted by atomic mass is 10.1. The maximum Gasteiger partial charge on any atom is 0.573 e. The van der Waals surface area contributed by atoms with E-state index in [1.165, 1.54) is 12.1 Å². The minimum atomic E-state index is -4.75. The highest BCUT2D eigenvalue weighted by Gasteiger charge is 2.30. The number of carbonyl (C=O) groups excluding carboxylic acids is 1. The van der Waals surface area contributed by atoms with Crippen molar-refractivity contribution in [1.29, 1.82) is 0 Å². The largest absolute Gasteiger partial charge is 0.573 e. The smallest absolute Gasteiger partial charge is 0.481 e. The molecule has 1 amide bonds. The Morgan fingerprint density at radius 1 is 1.19 bits per heavy atom. The molecule has 1 rings (SSSR count). The minimum Gasteiger partial charge on any atom is -0.481 e. The van der Waals surface area contributed by atoms with Crippen LogP contribution in [0.25, 0.3) is 0 Å². The van der Waals surface area contributed by atoms with Gasteiger partial charge in [-0.1, -0.05) is 12.1 Å². The number of carboxylic acids is 1. The number of nitrogens with one attached hydrogen (secondary N) is 1. The zero-order chi connectivity index (χ0) is 15.9. The highest BCUT2D eigenvalue weighted by Crippen LogP contribution is 2.22. The van der Waals surface area contributed by atoms with Gasteiger partial charge in [-0.15, -0.1) is 13.2 Å². The molecule has 0 atom stereocenters. The summed E-state index contributed by atoms with van der Waals surface area (Å²) in [7, 11) is 0. The van der Waals surface area contributed by atoms with E-state index in [-0.39, 0.29) is 31.0 Å². The molecule has 0 bridgehead atoms. The Hall–Kier alpha value is -2.25. The van der Waals surface area contributed by atoms with Crippen LogP contribution >= 0.6 is 0 Å². The van der Waals surface area contributed by atoms with Gasteiger partial charge in [0.2, 0.25) is 5.91 Å². The maximum absolute atomic E-state index is 12.0. The van der Waals surface area contributed by atoms with Gasteiger partial charge in [0.15, 0.2) is 0 Å². The fourth-order valence-corrected chi connectivity index (χ4v) is 1.52. The van der Waals surface area contributed by atoms with E-state index in [2.05, 4.69) is 10.1 Å². The number of benzene rings is 1. The predicted octanol–water partition coefficient (Wildman–Crippen LogP) is 2.11. The van der Waals surface area contributed by atoms with Crippen molar-refractivity contribution in [3.63, 3.8) is 0 Å². The van der Waals surface area contributed by atoms with Gasteiger partial charge in [-0.25, -0.2) is 0 Å². The lowest BCUT2D eigenvalue weighted by Crippen LogP contribution is -2.26. The van der Waals surface area contributed by atoms with E-state index in [9.17, 15) is 22.8 Å². The number of carboxylic acid groups (broad SMARTS) is 1. The molecule has 8 heteroatoms. The Labute approximate surface area is 118 Å². The molecule has 1 aromatic carbocycles. The number of amides is 1. The summed E-state index contributed by atoms with van der Waals surface area (Å²) in [5.74, 6) is -1.62. The van der Waals surface area contributed by atoms with Crippen molar-refractivity contribution >= 4 is 11.9 Å². The number of carbonyl (C=O) groups is 2. The molecule has 0 saturated carbocycles. The van der Waals surface area contributed by atoms with Gasteiger partial charge in [-0.05, 0) is 24.1 Å². The number of ether oxygens (including phenoxy) is 1. The standard InChI is InChI=1S/C13H14F3NO4/c14-13(15,16)21-10-5-3-9(4-6-10)8-11(18)17-7-1-2-12(19)20/h3-6H,1-2,7-8H2,(H,17,18)(H,19,20). The summed E-state index contributed by atoms with van der Waals surface area (Å²) in [5.41, 5.74) is 0.528. The molecule has 21 heavy (non-hydrogen) atoms. The maximum atomic E-state index is 12.0. The van der Waals surface area contributed by atoms with Gasteiger partial charge in [0.05, 0.1) is 6.42 Å². The van der Waals surface area contributed by atoms with E-state index in [0.717, 1.165) is 12.1 Å². The van der Waals surface area contributed by atoms with Gasteiger partial charge in [0.1, 0.15) is 5.75 Å². The summed E-state index contributed by atoms with van der Waals surface area (Å²) in [4.78, 5) is 21.8. The quantitative estimate of drug-likeness (QED) is 0.757. The normalized spacial score (nSPS) is 11.0. The Bertz CT molecular complexity index is 485. The van der Waals surface area contributed by atoms with Crippen molar-refractivity contribution in [2.24, 2.45) is 0 Å². The van der Waals surface area contributed by atoms with Crippen LogP contribution in [0.15, 0.2) is 24.3 Å². The van der Waals surface area contributed by atoms with E-state index in [4.69, 9.17) is 5.11 Å². The molecule has 0 heterocycles. The fourth-order valence-electron chi connectivity index (χ4n) is 1.52. The third-order valence-corrected chi connectivity index (χ3v) is 2.41. The van der Waals surface area contributed by atoms with E-state index >= 15 is 0 Å². The molecule has 1 aromatic rings. The number of alkyl halides is 3. The first-order valence-electron chi connectivity index (χ1n) is 6.09. The molecule has 0 saturated heterocycles. The van der Waals surface area contributed by atoms with Crippen molar-refractivity contribution in [2.75, 3.05) is 6.54 Å². The van der Waals surface area contributed by atoms with Crippen molar-refractivity contribution in [3.8, 4) is 5.75 Å². The van der Waals surface area contributed by atoms with Crippen LogP contribution in [-0.4, -0.2) is 29.9 Å². The zero-order valence-electron chi connectivity index (χ0n) is 10.9. The highest BCUT2D eigenvalue weighted by molar-refractivity contribution is 5.78. The fraction of sp³-hybridized carbons (Fsp3) is 0.385. The first kappa shape index (κ1) is 16.8. The zero-order valence-corrected chi connectivity index (χ0v) is 10.9. The summed E-state index contributed by atoms with van der Waals surface area (Å²) in [6.45, 7) is 0.237. The van der Waals surface area contributed by atoms with Gasteiger partial charge in [0.25, 0.3) is 0 Å². The molecule has 0 spiro atoms. The molecule has 0 aliphatic heterocycles. The van der Waals surface area contributed by atoms with Crippen LogP contribution < -0.4 is 10.1 Å². The molecule has 0 aliphatic rings. The average Bonchev–Trinajstić information content (AvgIpc) is 2.35. The lowest BCUT2D eigenvalue weighted by molar-refractivity contribution is -0.274. The molecule has 0 radical (unpaired) electrons. The van der Waals surface area contributed by atoms with Gasteiger partial charge in [-0.3, -0.25) is 9.59 Å². The van der Waals surface area contributed by atoms with E-state index in [0.29, 0.717) is 12.0 Å². The molecule has 0 unspecified atom stereocenters. The molecular formula is C13H14F3NO4. The van der Waals surface area contributed by atoms with Crippen molar-refractivity contribution < 1.29 is 32.6 Å². The van der Waals surface area contributed by atoms with Gasteiger partial charge < -0.3 is 15.2 Å². The predicted molar refractivity (Wildman–Crippen MR) is 66.7 cm³/mol. The Kier molecular flexibility index (Phi) is 6.01. The summed E-state index contributed by atoms with van der Waals surface area (Å²) in [5, 5.41) is 10.9. The number of rotatable bonds is 7. The minimum absolute atomic E-state index is 0.000626. The van der Waals surface area contributed by atoms with Crippen LogP contribution in [0.4, 0.5) is 13.2 Å². The number of aliphatic carboxylic acids is 1. The second kappa shape index (κ2) is 7.51. The second-order valence-corrected chi connectivity index (χ2v) is 4.22. The van der Waals surface area contributed by atoms with Crippen LogP contribution in [0.2, 0.25) is 0 Å². The van der Waals surface area contributed by atoms with Crippen LogP contribution in [0.3, 0.4) is 0 Å². The lowest BCUT2D eigenvalue weighted by Gasteiger charge is -2.09. The van der Waals surface area contributed by atoms with Crippen LogP contribution in [-0.2, 0) is 16.0 Å². The summed E-state index contributed by atoms with van der Waals surface area (Å²) in [6, 6.07) is 4.97. The third-order valence-electron chi connectivity index (χ3n) is 2.41. The SMILES string of the molecule is O=C(O)CCCNC(=O)Cc1ccc(OC(F)(F)F)cc1. The van der Waals surface area contributed by atoms with Gasteiger partial charge in [-0.2, -0.15) is 0 Å². The van der Waals surface area contributed by atoms with E-state index in [1.807, 2.05) is 0 Å². The molecule has 5 nitrogen and oxygen atoms in total. The molecule has 116 valence electrons. The van der Waals surface area contributed by atoms with Crippen LogP contribution in [0, 0.1) is 0 Å². The van der Waals surface area contributed by atoms with E-state index < -0.39 is 12.3 Å². The topological polar surface area (TPSA) is 75.6 Å². The summed E-state index contributed by atoms with van der Waals surface area (Å²) in [6.07, 6.45) is -4.47. The molecule has 0 aliphatic carbocycles. The van der Waals surface area contributed by atoms with E-state index in [1.54, 1.807) is 0 Å².